The van der Waals surface area contributed by atoms with E-state index >= 15 is 0 Å². The Morgan fingerprint density at radius 3 is 2.62 bits per heavy atom. The Hall–Kier alpha value is -3.26. The van der Waals surface area contributed by atoms with Gasteiger partial charge in [-0.05, 0) is 55.0 Å². The highest BCUT2D eigenvalue weighted by Crippen LogP contribution is 2.39. The van der Waals surface area contributed by atoms with Crippen molar-refractivity contribution in [1.82, 2.24) is 19.8 Å². The molecule has 7 nitrogen and oxygen atoms in total. The maximum absolute atomic E-state index is 11.0. The first-order valence-electron chi connectivity index (χ1n) is 9.50. The van der Waals surface area contributed by atoms with E-state index < -0.39 is 0 Å². The van der Waals surface area contributed by atoms with Gasteiger partial charge < -0.3 is 14.8 Å². The number of nitro benzene ring substituents is 1. The average molecular weight is 407 g/mol. The standard InChI is InChI=1S/C21H21N5O2S/c1-2-13-25-20(19(23-21(25)29)17-6-3-4-12-22-17)18-7-5-14-24(18)15-8-10-16(11-9-15)26(27)28/h3-12,14,19-20H,2,13H2,1H3,(H,23,29)/t19-,20+/m0/s1. The molecule has 1 fully saturated rings. The zero-order valence-electron chi connectivity index (χ0n) is 15.9. The minimum Gasteiger partial charge on any atom is -0.352 e. The smallest absolute Gasteiger partial charge is 0.269 e. The van der Waals surface area contributed by atoms with Gasteiger partial charge in [0.2, 0.25) is 0 Å². The van der Waals surface area contributed by atoms with E-state index in [2.05, 4.69) is 32.8 Å². The molecule has 8 heteroatoms. The van der Waals surface area contributed by atoms with E-state index in [1.807, 2.05) is 30.5 Å². The number of nitro groups is 1. The Bertz CT molecular complexity index is 1020. The summed E-state index contributed by atoms with van der Waals surface area (Å²) in [6.45, 7) is 2.95. The number of rotatable bonds is 6. The molecule has 0 bridgehead atoms. The molecule has 1 aliphatic rings. The highest BCUT2D eigenvalue weighted by molar-refractivity contribution is 7.80. The van der Waals surface area contributed by atoms with Crippen molar-refractivity contribution in [3.05, 3.63) is 88.5 Å². The number of aromatic nitrogens is 2. The summed E-state index contributed by atoms with van der Waals surface area (Å²) in [5.41, 5.74) is 2.92. The van der Waals surface area contributed by atoms with Crippen LogP contribution in [0.4, 0.5) is 5.69 Å². The first-order chi connectivity index (χ1) is 14.1. The quantitative estimate of drug-likeness (QED) is 0.376. The Labute approximate surface area is 174 Å². The van der Waals surface area contributed by atoms with Crippen molar-refractivity contribution in [1.29, 1.82) is 0 Å². The molecule has 148 valence electrons. The summed E-state index contributed by atoms with van der Waals surface area (Å²) in [6, 6.07) is 16.4. The lowest BCUT2D eigenvalue weighted by Crippen LogP contribution is -2.31. The molecular weight excluding hydrogens is 386 g/mol. The van der Waals surface area contributed by atoms with E-state index in [1.54, 1.807) is 18.3 Å². The van der Waals surface area contributed by atoms with Gasteiger partial charge in [-0.1, -0.05) is 13.0 Å². The van der Waals surface area contributed by atoms with Crippen LogP contribution in [0.1, 0.15) is 36.8 Å². The molecule has 0 aliphatic carbocycles. The fourth-order valence-electron chi connectivity index (χ4n) is 3.81. The predicted octanol–water partition coefficient (Wildman–Crippen LogP) is 4.16. The van der Waals surface area contributed by atoms with Gasteiger partial charge in [0, 0.05) is 42.5 Å². The Morgan fingerprint density at radius 2 is 1.97 bits per heavy atom. The monoisotopic (exact) mass is 407 g/mol. The van der Waals surface area contributed by atoms with Crippen LogP contribution in [0, 0.1) is 10.1 Å². The van der Waals surface area contributed by atoms with Gasteiger partial charge in [0.1, 0.15) is 0 Å². The largest absolute Gasteiger partial charge is 0.352 e. The lowest BCUT2D eigenvalue weighted by molar-refractivity contribution is -0.384. The van der Waals surface area contributed by atoms with Gasteiger partial charge >= 0.3 is 0 Å². The Morgan fingerprint density at radius 1 is 1.17 bits per heavy atom. The fraction of sp³-hybridized carbons (Fsp3) is 0.238. The molecule has 2 atom stereocenters. The predicted molar refractivity (Wildman–Crippen MR) is 115 cm³/mol. The molecule has 4 rings (SSSR count). The summed E-state index contributed by atoms with van der Waals surface area (Å²) in [4.78, 5) is 17.3. The summed E-state index contributed by atoms with van der Waals surface area (Å²) < 4.78 is 2.06. The third kappa shape index (κ3) is 3.58. The number of thiocarbonyl (C=S) groups is 1. The van der Waals surface area contributed by atoms with E-state index in [0.717, 1.165) is 30.0 Å². The van der Waals surface area contributed by atoms with Crippen molar-refractivity contribution in [2.75, 3.05) is 6.54 Å². The van der Waals surface area contributed by atoms with Crippen molar-refractivity contribution in [2.24, 2.45) is 0 Å². The summed E-state index contributed by atoms with van der Waals surface area (Å²) in [5, 5.41) is 15.1. The lowest BCUT2D eigenvalue weighted by Gasteiger charge is -2.28. The van der Waals surface area contributed by atoms with E-state index in [4.69, 9.17) is 12.2 Å². The van der Waals surface area contributed by atoms with Crippen LogP contribution in [0.15, 0.2) is 67.0 Å². The normalized spacial score (nSPS) is 18.7. The molecule has 0 radical (unpaired) electrons. The number of hydrogen-bond acceptors (Lipinski definition) is 4. The second kappa shape index (κ2) is 8.00. The van der Waals surface area contributed by atoms with Gasteiger partial charge in [0.05, 0.1) is 22.7 Å². The maximum Gasteiger partial charge on any atom is 0.269 e. The van der Waals surface area contributed by atoms with E-state index in [0.29, 0.717) is 5.11 Å². The molecule has 0 saturated carbocycles. The van der Waals surface area contributed by atoms with Crippen molar-refractivity contribution in [3.8, 4) is 5.69 Å². The van der Waals surface area contributed by atoms with Crippen molar-refractivity contribution >= 4 is 23.0 Å². The van der Waals surface area contributed by atoms with Crippen LogP contribution in [0.2, 0.25) is 0 Å². The highest BCUT2D eigenvalue weighted by atomic mass is 32.1. The van der Waals surface area contributed by atoms with Crippen LogP contribution in [0.3, 0.4) is 0 Å². The number of non-ortho nitro benzene ring substituents is 1. The van der Waals surface area contributed by atoms with Crippen molar-refractivity contribution < 1.29 is 4.92 Å². The molecule has 0 spiro atoms. The van der Waals surface area contributed by atoms with Crippen LogP contribution in [0.25, 0.3) is 5.69 Å². The first-order valence-corrected chi connectivity index (χ1v) is 9.91. The zero-order valence-corrected chi connectivity index (χ0v) is 16.7. The average Bonchev–Trinajstić information content (AvgIpc) is 3.34. The van der Waals surface area contributed by atoms with Gasteiger partial charge in [-0.3, -0.25) is 15.1 Å². The molecular formula is C21H21N5O2S. The second-order valence-electron chi connectivity index (χ2n) is 6.90. The summed E-state index contributed by atoms with van der Waals surface area (Å²) >= 11 is 5.64. The Kier molecular flexibility index (Phi) is 5.26. The molecule has 1 saturated heterocycles. The minimum atomic E-state index is -0.389. The lowest BCUT2D eigenvalue weighted by atomic mass is 10.0. The summed E-state index contributed by atoms with van der Waals surface area (Å²) in [5.74, 6) is 0. The van der Waals surface area contributed by atoms with Crippen LogP contribution in [0.5, 0.6) is 0 Å². The van der Waals surface area contributed by atoms with E-state index in [9.17, 15) is 10.1 Å². The van der Waals surface area contributed by atoms with Crippen LogP contribution >= 0.6 is 12.2 Å². The number of benzene rings is 1. The van der Waals surface area contributed by atoms with Crippen molar-refractivity contribution in [3.63, 3.8) is 0 Å². The fourth-order valence-corrected chi connectivity index (χ4v) is 4.15. The maximum atomic E-state index is 11.0. The number of pyridine rings is 1. The number of nitrogens with zero attached hydrogens (tertiary/aromatic N) is 4. The van der Waals surface area contributed by atoms with Gasteiger partial charge in [-0.25, -0.2) is 0 Å². The summed E-state index contributed by atoms with van der Waals surface area (Å²) in [6.07, 6.45) is 4.72. The molecule has 1 N–H and O–H groups in total. The van der Waals surface area contributed by atoms with Crippen LogP contribution in [-0.4, -0.2) is 31.0 Å². The highest BCUT2D eigenvalue weighted by Gasteiger charge is 2.40. The van der Waals surface area contributed by atoms with Crippen LogP contribution < -0.4 is 5.32 Å². The Balaban J connectivity index is 1.77. The molecule has 2 aromatic heterocycles. The third-order valence-corrected chi connectivity index (χ3v) is 5.44. The first kappa shape index (κ1) is 19.1. The van der Waals surface area contributed by atoms with Gasteiger partial charge in [0.25, 0.3) is 5.69 Å². The van der Waals surface area contributed by atoms with Gasteiger partial charge in [0.15, 0.2) is 5.11 Å². The minimum absolute atomic E-state index is 0.0393. The third-order valence-electron chi connectivity index (χ3n) is 5.08. The van der Waals surface area contributed by atoms with E-state index in [-0.39, 0.29) is 22.7 Å². The van der Waals surface area contributed by atoms with Gasteiger partial charge in [-0.15, -0.1) is 0 Å². The topological polar surface area (TPSA) is 76.2 Å². The molecule has 3 heterocycles. The van der Waals surface area contributed by atoms with E-state index in [1.165, 1.54) is 12.1 Å². The molecule has 0 amide bonds. The van der Waals surface area contributed by atoms with Crippen molar-refractivity contribution in [2.45, 2.75) is 25.4 Å². The number of nitrogens with one attached hydrogen (secondary N) is 1. The molecule has 1 aliphatic heterocycles. The summed E-state index contributed by atoms with van der Waals surface area (Å²) in [7, 11) is 0. The zero-order chi connectivity index (χ0) is 20.4. The number of hydrogen-bond donors (Lipinski definition) is 1. The molecule has 3 aromatic rings. The van der Waals surface area contributed by atoms with Gasteiger partial charge in [-0.2, -0.15) is 0 Å². The molecule has 29 heavy (non-hydrogen) atoms. The molecule has 1 aromatic carbocycles. The SMILES string of the molecule is CCCN1C(=S)N[C@@H](c2ccccn2)[C@H]1c1cccn1-c1ccc([N+](=O)[O-])cc1. The van der Waals surface area contributed by atoms with Crippen LogP contribution in [-0.2, 0) is 0 Å². The molecule has 0 unspecified atom stereocenters. The second-order valence-corrected chi connectivity index (χ2v) is 7.28.